The summed E-state index contributed by atoms with van der Waals surface area (Å²) in [6.45, 7) is -0.488. The number of nitrogens with one attached hydrogen (secondary N) is 1. The van der Waals surface area contributed by atoms with Crippen molar-refractivity contribution in [3.8, 4) is 23.1 Å². The van der Waals surface area contributed by atoms with E-state index in [9.17, 15) is 28.3 Å². The lowest BCUT2D eigenvalue weighted by Gasteiger charge is -2.20. The van der Waals surface area contributed by atoms with Gasteiger partial charge in [-0.15, -0.1) is 0 Å². The molecule has 0 bridgehead atoms. The number of amidine groups is 1. The second kappa shape index (κ2) is 14.2. The van der Waals surface area contributed by atoms with Crippen LogP contribution >= 0.6 is 11.8 Å². The fraction of sp³-hybridized carbons (Fsp3) is 0.212. The van der Waals surface area contributed by atoms with Crippen LogP contribution in [0.4, 0.5) is 35.2 Å². The molecule has 0 aliphatic carbocycles. The number of aromatic hydroxyl groups is 1. The molecule has 3 aromatic carbocycles. The summed E-state index contributed by atoms with van der Waals surface area (Å²) >= 11 is 0.925. The van der Waals surface area contributed by atoms with Crippen LogP contribution in [-0.4, -0.2) is 63.2 Å². The molecular formula is C33H28F3N7O5S. The topological polar surface area (TPSA) is 153 Å². The first-order valence-electron chi connectivity index (χ1n) is 14.5. The number of thioether (sulfide) groups is 1. The largest absolute Gasteiger partial charge is 0.508 e. The number of aryl methyl sites for hydroxylation is 1. The highest BCUT2D eigenvalue weighted by Gasteiger charge is 2.33. The highest BCUT2D eigenvalue weighted by atomic mass is 32.2. The van der Waals surface area contributed by atoms with Gasteiger partial charge in [0.15, 0.2) is 5.17 Å². The second-order valence-electron chi connectivity index (χ2n) is 11.0. The Balaban J connectivity index is 1.31. The van der Waals surface area contributed by atoms with Crippen molar-refractivity contribution in [2.24, 2.45) is 12.0 Å². The van der Waals surface area contributed by atoms with Crippen LogP contribution in [0.5, 0.6) is 5.75 Å². The minimum Gasteiger partial charge on any atom is -0.508 e. The summed E-state index contributed by atoms with van der Waals surface area (Å²) in [6, 6.07) is 16.7. The SMILES string of the molecule is CN(C(=O)c1ccc(C#N)cc1)c1cc(-c2ccc(NC(=O)/N=C3\SCC(=O)N3c3cc(O)ccc3COCC(C)(F)F)c(F)c2)nn1C. The van der Waals surface area contributed by atoms with Crippen molar-refractivity contribution in [3.05, 3.63) is 89.2 Å². The minimum atomic E-state index is -3.08. The van der Waals surface area contributed by atoms with Gasteiger partial charge in [0.05, 0.1) is 41.1 Å². The zero-order valence-corrected chi connectivity index (χ0v) is 27.1. The number of halogens is 3. The number of carbonyl (C=O) groups excluding carboxylic acids is 3. The predicted molar refractivity (Wildman–Crippen MR) is 177 cm³/mol. The molecule has 5 rings (SSSR count). The third kappa shape index (κ3) is 8.08. The summed E-state index contributed by atoms with van der Waals surface area (Å²) in [6.07, 6.45) is 0. The summed E-state index contributed by atoms with van der Waals surface area (Å²) in [4.78, 5) is 45.1. The third-order valence-electron chi connectivity index (χ3n) is 7.16. The van der Waals surface area contributed by atoms with E-state index in [1.54, 1.807) is 32.3 Å². The van der Waals surface area contributed by atoms with Crippen molar-refractivity contribution < 1.29 is 37.4 Å². The number of carbonyl (C=O) groups is 3. The maximum Gasteiger partial charge on any atom is 0.347 e. The van der Waals surface area contributed by atoms with E-state index >= 15 is 4.39 Å². The van der Waals surface area contributed by atoms with Gasteiger partial charge < -0.3 is 15.2 Å². The molecule has 16 heteroatoms. The summed E-state index contributed by atoms with van der Waals surface area (Å²) < 4.78 is 48.3. The first-order valence-corrected chi connectivity index (χ1v) is 15.5. The van der Waals surface area contributed by atoms with E-state index < -0.39 is 30.3 Å². The number of amides is 4. The first kappa shape index (κ1) is 34.7. The van der Waals surface area contributed by atoms with Crippen molar-refractivity contribution in [3.63, 3.8) is 0 Å². The molecular weight excluding hydrogens is 663 g/mol. The molecule has 4 amide bonds. The molecule has 12 nitrogen and oxygen atoms in total. The van der Waals surface area contributed by atoms with Crippen molar-refractivity contribution in [1.29, 1.82) is 5.26 Å². The van der Waals surface area contributed by atoms with Gasteiger partial charge >= 0.3 is 6.03 Å². The Kier molecular flexibility index (Phi) is 10.1. The summed E-state index contributed by atoms with van der Waals surface area (Å²) in [5.74, 6) is -4.64. The number of hydrogen-bond acceptors (Lipinski definition) is 8. The highest BCUT2D eigenvalue weighted by Crippen LogP contribution is 2.33. The second-order valence-corrected chi connectivity index (χ2v) is 11.9. The molecule has 1 aliphatic heterocycles. The average Bonchev–Trinajstić information content (AvgIpc) is 3.62. The van der Waals surface area contributed by atoms with Crippen LogP contribution in [0.1, 0.15) is 28.4 Å². The van der Waals surface area contributed by atoms with E-state index in [1.165, 1.54) is 52.0 Å². The zero-order chi connectivity index (χ0) is 35.5. The van der Waals surface area contributed by atoms with E-state index in [-0.39, 0.29) is 46.1 Å². The molecule has 1 aliphatic rings. The van der Waals surface area contributed by atoms with Crippen LogP contribution in [-0.2, 0) is 23.2 Å². The third-order valence-corrected chi connectivity index (χ3v) is 8.08. The van der Waals surface area contributed by atoms with Gasteiger partial charge in [-0.3, -0.25) is 24.1 Å². The molecule has 4 aromatic rings. The molecule has 1 aromatic heterocycles. The first-order chi connectivity index (χ1) is 23.2. The Bertz CT molecular complexity index is 2000. The number of nitriles is 1. The number of benzene rings is 3. The van der Waals surface area contributed by atoms with E-state index in [0.717, 1.165) is 22.7 Å². The molecule has 0 atom stereocenters. The maximum absolute atomic E-state index is 15.2. The van der Waals surface area contributed by atoms with Crippen molar-refractivity contribution in [2.75, 3.05) is 34.5 Å². The summed E-state index contributed by atoms with van der Waals surface area (Å²) in [5, 5.41) is 25.7. The molecule has 49 heavy (non-hydrogen) atoms. The van der Waals surface area contributed by atoms with Crippen molar-refractivity contribution in [2.45, 2.75) is 19.5 Å². The van der Waals surface area contributed by atoms with Crippen LogP contribution in [0.25, 0.3) is 11.3 Å². The summed E-state index contributed by atoms with van der Waals surface area (Å²) in [5.41, 5.74) is 1.64. The number of nitrogens with zero attached hydrogens (tertiary/aromatic N) is 6. The van der Waals surface area contributed by atoms with Gasteiger partial charge in [0, 0.05) is 49.8 Å². The van der Waals surface area contributed by atoms with Crippen LogP contribution in [0, 0.1) is 17.1 Å². The number of alkyl halides is 2. The maximum atomic E-state index is 15.2. The fourth-order valence-electron chi connectivity index (χ4n) is 4.81. The number of aromatic nitrogens is 2. The molecule has 0 radical (unpaired) electrons. The lowest BCUT2D eigenvalue weighted by molar-refractivity contribution is -0.115. The van der Waals surface area contributed by atoms with Crippen molar-refractivity contribution in [1.82, 2.24) is 9.78 Å². The molecule has 2 N–H and O–H groups in total. The number of phenolic OH excluding ortho intramolecular Hbond substituents is 1. The van der Waals surface area contributed by atoms with Gasteiger partial charge in [-0.05, 0) is 42.5 Å². The van der Waals surface area contributed by atoms with Gasteiger partial charge in [-0.25, -0.2) is 18.0 Å². The van der Waals surface area contributed by atoms with Crippen LogP contribution in [0.3, 0.4) is 0 Å². The number of hydrogen-bond donors (Lipinski definition) is 2. The van der Waals surface area contributed by atoms with E-state index in [2.05, 4.69) is 15.4 Å². The van der Waals surface area contributed by atoms with Gasteiger partial charge in [0.2, 0.25) is 5.91 Å². The number of ether oxygens (including phenoxy) is 1. The smallest absolute Gasteiger partial charge is 0.347 e. The lowest BCUT2D eigenvalue weighted by Crippen LogP contribution is -2.31. The molecule has 0 unspecified atom stereocenters. The molecule has 1 saturated heterocycles. The molecule has 2 heterocycles. The number of rotatable bonds is 9. The van der Waals surface area contributed by atoms with Gasteiger partial charge in [0.25, 0.3) is 11.8 Å². The Morgan fingerprint density at radius 1 is 1.16 bits per heavy atom. The van der Waals surface area contributed by atoms with Gasteiger partial charge in [0.1, 0.15) is 24.0 Å². The number of phenols is 1. The van der Waals surface area contributed by atoms with Crippen LogP contribution < -0.4 is 15.1 Å². The molecule has 0 saturated carbocycles. The zero-order valence-electron chi connectivity index (χ0n) is 26.3. The van der Waals surface area contributed by atoms with E-state index in [4.69, 9.17) is 10.00 Å². The lowest BCUT2D eigenvalue weighted by atomic mass is 10.1. The Hall–Kier alpha value is -5.66. The normalized spacial score (nSPS) is 13.9. The Morgan fingerprint density at radius 2 is 1.90 bits per heavy atom. The monoisotopic (exact) mass is 691 g/mol. The van der Waals surface area contributed by atoms with E-state index in [1.807, 2.05) is 6.07 Å². The molecule has 252 valence electrons. The summed E-state index contributed by atoms with van der Waals surface area (Å²) in [7, 11) is 3.18. The predicted octanol–water partition coefficient (Wildman–Crippen LogP) is 5.92. The van der Waals surface area contributed by atoms with Gasteiger partial charge in [-0.1, -0.05) is 23.9 Å². The van der Waals surface area contributed by atoms with Crippen molar-refractivity contribution >= 4 is 52.0 Å². The van der Waals surface area contributed by atoms with Crippen LogP contribution in [0.15, 0.2) is 71.7 Å². The fourth-order valence-corrected chi connectivity index (χ4v) is 5.67. The molecule has 0 spiro atoms. The Labute approximate surface area is 282 Å². The standard InChI is InChI=1S/C33H28F3N7O5S/c1-33(35,36)18-48-16-22-8-10-23(44)13-27(22)43-29(45)17-49-32(43)39-31(47)38-25-11-9-21(12-24(25)34)26-14-28(42(3)40-26)41(2)30(46)20-6-4-19(15-37)5-7-20/h4-14,44H,16-18H2,1-3H3,(H,38,47)/b39-32-. The quantitative estimate of drug-likeness (QED) is 0.219. The van der Waals surface area contributed by atoms with Crippen LogP contribution in [0.2, 0.25) is 0 Å². The minimum absolute atomic E-state index is 0.0760. The average molecular weight is 692 g/mol. The Morgan fingerprint density at radius 3 is 2.57 bits per heavy atom. The highest BCUT2D eigenvalue weighted by molar-refractivity contribution is 8.15. The number of urea groups is 1. The molecule has 1 fully saturated rings. The number of aliphatic imine (C=N–C) groups is 1. The van der Waals surface area contributed by atoms with Gasteiger partial charge in [-0.2, -0.15) is 15.4 Å². The van der Waals surface area contributed by atoms with E-state index in [0.29, 0.717) is 35.1 Å². The number of anilines is 3.